The predicted octanol–water partition coefficient (Wildman–Crippen LogP) is 7.39. The molecule has 7 rings (SSSR count). The number of nitrogens with one attached hydrogen (secondary N) is 2. The van der Waals surface area contributed by atoms with Crippen LogP contribution in [0.2, 0.25) is 0 Å². The first-order chi connectivity index (χ1) is 16.8. The van der Waals surface area contributed by atoms with Crippen LogP contribution in [0.15, 0.2) is 91.0 Å². The van der Waals surface area contributed by atoms with E-state index in [4.69, 9.17) is 0 Å². The first-order valence-corrected chi connectivity index (χ1v) is 12.5. The van der Waals surface area contributed by atoms with Gasteiger partial charge in [0.1, 0.15) is 0 Å². The predicted molar refractivity (Wildman–Crippen MR) is 138 cm³/mol. The highest BCUT2D eigenvalue weighted by Crippen LogP contribution is 2.63. The summed E-state index contributed by atoms with van der Waals surface area (Å²) >= 11 is 0. The van der Waals surface area contributed by atoms with Crippen LogP contribution in [-0.4, -0.2) is 5.91 Å². The molecule has 3 nitrogen and oxygen atoms in total. The molecule has 3 heteroatoms. The Labute approximate surface area is 200 Å². The van der Waals surface area contributed by atoms with Gasteiger partial charge in [-0.3, -0.25) is 4.79 Å². The minimum atomic E-state index is -0.0379. The van der Waals surface area contributed by atoms with Crippen LogP contribution in [0.4, 0.5) is 11.4 Å². The number of hydrogen-bond donors (Lipinski definition) is 2. The molecular weight excluding hydrogens is 416 g/mol. The fraction of sp³-hybridized carbons (Fsp3) is 0.258. The number of rotatable bonds is 3. The molecule has 2 N–H and O–H groups in total. The van der Waals surface area contributed by atoms with Crippen LogP contribution in [0.25, 0.3) is 10.8 Å². The Bertz CT molecular complexity index is 1390. The molecule has 2 aliphatic carbocycles. The number of fused-ring (bicyclic) bond motifs is 8. The van der Waals surface area contributed by atoms with Crippen molar-refractivity contribution in [3.05, 3.63) is 108 Å². The van der Waals surface area contributed by atoms with E-state index < -0.39 is 0 Å². The molecule has 34 heavy (non-hydrogen) atoms. The summed E-state index contributed by atoms with van der Waals surface area (Å²) < 4.78 is 0. The smallest absolute Gasteiger partial charge is 0.255 e. The number of carbonyl (C=O) groups excluding carboxylic acids is 1. The van der Waals surface area contributed by atoms with Gasteiger partial charge in [0.05, 0.1) is 6.04 Å². The van der Waals surface area contributed by atoms with Crippen LogP contribution >= 0.6 is 0 Å². The van der Waals surface area contributed by atoms with E-state index in [2.05, 4.69) is 71.3 Å². The van der Waals surface area contributed by atoms with Crippen molar-refractivity contribution in [2.24, 2.45) is 17.8 Å². The van der Waals surface area contributed by atoms with Gasteiger partial charge < -0.3 is 10.6 Å². The van der Waals surface area contributed by atoms with Crippen molar-refractivity contribution in [2.75, 3.05) is 10.6 Å². The van der Waals surface area contributed by atoms with Crippen LogP contribution in [0.5, 0.6) is 0 Å². The van der Waals surface area contributed by atoms with Crippen LogP contribution in [-0.2, 0) is 0 Å². The van der Waals surface area contributed by atoms with Gasteiger partial charge in [-0.05, 0) is 83.7 Å². The maximum absolute atomic E-state index is 13.3. The lowest BCUT2D eigenvalue weighted by Crippen LogP contribution is -2.35. The maximum atomic E-state index is 13.3. The molecule has 2 saturated carbocycles. The zero-order chi connectivity index (χ0) is 22.6. The Morgan fingerprint density at radius 3 is 2.53 bits per heavy atom. The van der Waals surface area contributed by atoms with Crippen LogP contribution in [0.1, 0.15) is 52.7 Å². The largest absolute Gasteiger partial charge is 0.378 e. The Morgan fingerprint density at radius 2 is 1.62 bits per heavy atom. The third kappa shape index (κ3) is 3.07. The zero-order valence-corrected chi connectivity index (χ0v) is 19.1. The van der Waals surface area contributed by atoms with Crippen molar-refractivity contribution in [1.29, 1.82) is 0 Å². The average Bonchev–Trinajstić information content (AvgIpc) is 3.52. The van der Waals surface area contributed by atoms with Gasteiger partial charge >= 0.3 is 0 Å². The van der Waals surface area contributed by atoms with Gasteiger partial charge in [0, 0.05) is 22.3 Å². The third-order valence-corrected chi connectivity index (χ3v) is 8.55. The summed E-state index contributed by atoms with van der Waals surface area (Å²) in [6.45, 7) is 0. The molecule has 4 aromatic rings. The van der Waals surface area contributed by atoms with Gasteiger partial charge in [0.15, 0.2) is 0 Å². The van der Waals surface area contributed by atoms with Crippen molar-refractivity contribution in [2.45, 2.75) is 31.2 Å². The monoisotopic (exact) mass is 444 g/mol. The second-order valence-electron chi connectivity index (χ2n) is 10.3. The minimum Gasteiger partial charge on any atom is -0.378 e. The highest BCUT2D eigenvalue weighted by Gasteiger charge is 2.53. The Balaban J connectivity index is 1.24. The van der Waals surface area contributed by atoms with Crippen molar-refractivity contribution in [3.8, 4) is 0 Å². The molecule has 168 valence electrons. The molecule has 0 spiro atoms. The fourth-order valence-corrected chi connectivity index (χ4v) is 7.15. The molecule has 1 heterocycles. The lowest BCUT2D eigenvalue weighted by atomic mass is 9.68. The normalized spacial score (nSPS) is 26.5. The molecule has 3 aliphatic rings. The van der Waals surface area contributed by atoms with E-state index in [0.29, 0.717) is 17.9 Å². The Morgan fingerprint density at radius 1 is 0.824 bits per heavy atom. The summed E-state index contributed by atoms with van der Waals surface area (Å²) in [5, 5.41) is 9.25. The van der Waals surface area contributed by atoms with Crippen LogP contribution < -0.4 is 10.6 Å². The molecular formula is C31H28N2O. The Hall–Kier alpha value is -3.59. The summed E-state index contributed by atoms with van der Waals surface area (Å²) in [6.07, 6.45) is 3.98. The van der Waals surface area contributed by atoms with E-state index in [1.165, 1.54) is 36.1 Å². The molecule has 4 aromatic carbocycles. The molecule has 2 fully saturated rings. The van der Waals surface area contributed by atoms with E-state index in [9.17, 15) is 4.79 Å². The van der Waals surface area contributed by atoms with E-state index in [1.807, 2.05) is 30.3 Å². The summed E-state index contributed by atoms with van der Waals surface area (Å²) in [6, 6.07) is 31.8. The second-order valence-corrected chi connectivity index (χ2v) is 10.3. The molecule has 1 aliphatic heterocycles. The van der Waals surface area contributed by atoms with Crippen LogP contribution in [0.3, 0.4) is 0 Å². The van der Waals surface area contributed by atoms with Gasteiger partial charge in [-0.1, -0.05) is 66.7 Å². The van der Waals surface area contributed by atoms with Gasteiger partial charge in [0.25, 0.3) is 5.91 Å². The van der Waals surface area contributed by atoms with Crippen molar-refractivity contribution in [3.63, 3.8) is 0 Å². The molecule has 2 bridgehead atoms. The standard InChI is InChI=1S/C31H28N2O/c34-31(33-26-12-6-10-19-7-4-5-11-24(19)26)23-15-16-27-25(18-23)28-21-13-14-22(17-21)29(28)30(32-27)20-8-2-1-3-9-20/h1-12,15-16,18,21-22,28-30,32H,13-14,17H2,(H,33,34)/t21-,22-,28-,29+,30-/m0/s1. The first-order valence-electron chi connectivity index (χ1n) is 12.5. The quantitative estimate of drug-likeness (QED) is 0.346. The maximum Gasteiger partial charge on any atom is 0.255 e. The third-order valence-electron chi connectivity index (χ3n) is 8.55. The van der Waals surface area contributed by atoms with Gasteiger partial charge in [-0.25, -0.2) is 0 Å². The van der Waals surface area contributed by atoms with E-state index in [1.54, 1.807) is 0 Å². The van der Waals surface area contributed by atoms with E-state index >= 15 is 0 Å². The van der Waals surface area contributed by atoms with E-state index in [0.717, 1.165) is 33.9 Å². The SMILES string of the molecule is O=C(Nc1cccc2ccccc12)c1ccc2c(c1)[C@@H]1[C@H]3CC[C@@H](C3)[C@H]1[C@H](c1ccccc1)N2. The van der Waals surface area contributed by atoms with Gasteiger partial charge in [-0.15, -0.1) is 0 Å². The first kappa shape index (κ1) is 19.8. The topological polar surface area (TPSA) is 41.1 Å². The van der Waals surface area contributed by atoms with E-state index in [-0.39, 0.29) is 5.91 Å². The van der Waals surface area contributed by atoms with Gasteiger partial charge in [0.2, 0.25) is 0 Å². The van der Waals surface area contributed by atoms with Crippen molar-refractivity contribution < 1.29 is 4.79 Å². The van der Waals surface area contributed by atoms with Gasteiger partial charge in [-0.2, -0.15) is 0 Å². The lowest BCUT2D eigenvalue weighted by molar-refractivity contribution is 0.102. The fourth-order valence-electron chi connectivity index (χ4n) is 7.15. The molecule has 0 aromatic heterocycles. The summed E-state index contributed by atoms with van der Waals surface area (Å²) in [7, 11) is 0. The summed E-state index contributed by atoms with van der Waals surface area (Å²) in [5.74, 6) is 2.60. The lowest BCUT2D eigenvalue weighted by Gasteiger charge is -2.43. The number of carbonyl (C=O) groups is 1. The number of hydrogen-bond acceptors (Lipinski definition) is 2. The van der Waals surface area contributed by atoms with Crippen molar-refractivity contribution in [1.82, 2.24) is 0 Å². The number of anilines is 2. The highest BCUT2D eigenvalue weighted by molar-refractivity contribution is 6.09. The highest BCUT2D eigenvalue weighted by atomic mass is 16.1. The number of amides is 1. The number of benzene rings is 4. The molecule has 0 saturated heterocycles. The average molecular weight is 445 g/mol. The molecule has 0 unspecified atom stereocenters. The minimum absolute atomic E-state index is 0.0379. The second kappa shape index (κ2) is 7.73. The zero-order valence-electron chi connectivity index (χ0n) is 19.1. The van der Waals surface area contributed by atoms with Crippen molar-refractivity contribution >= 4 is 28.1 Å². The summed E-state index contributed by atoms with van der Waals surface area (Å²) in [4.78, 5) is 13.3. The Kier molecular flexibility index (Phi) is 4.51. The van der Waals surface area contributed by atoms with Crippen LogP contribution in [0, 0.1) is 17.8 Å². The molecule has 0 radical (unpaired) electrons. The summed E-state index contributed by atoms with van der Waals surface area (Å²) in [5.41, 5.74) is 5.53. The molecule has 1 amide bonds. The molecule has 5 atom stereocenters.